The van der Waals surface area contributed by atoms with Gasteiger partial charge in [0.05, 0.1) is 6.26 Å². The van der Waals surface area contributed by atoms with E-state index < -0.39 is 11.9 Å². The summed E-state index contributed by atoms with van der Waals surface area (Å²) in [5.74, 6) is -1.01. The van der Waals surface area contributed by atoms with E-state index in [0.717, 1.165) is 5.56 Å². The lowest BCUT2D eigenvalue weighted by Gasteiger charge is -2.21. The van der Waals surface area contributed by atoms with Gasteiger partial charge in [-0.05, 0) is 35.7 Å². The largest absolute Gasteiger partial charge is 0.459 e. The van der Waals surface area contributed by atoms with E-state index in [9.17, 15) is 14.0 Å². The number of halogens is 1. The molecule has 1 aromatic carbocycles. The molecule has 2 aromatic rings. The third kappa shape index (κ3) is 4.67. The monoisotopic (exact) mass is 318 g/mol. The molecule has 2 N–H and O–H groups in total. The van der Waals surface area contributed by atoms with E-state index in [2.05, 4.69) is 10.6 Å². The van der Waals surface area contributed by atoms with E-state index >= 15 is 0 Å². The van der Waals surface area contributed by atoms with Crippen LogP contribution in [0.5, 0.6) is 0 Å². The molecule has 0 radical (unpaired) electrons. The lowest BCUT2D eigenvalue weighted by Crippen LogP contribution is -2.49. The Hall–Kier alpha value is -2.63. The zero-order chi connectivity index (χ0) is 16.8. The van der Waals surface area contributed by atoms with Gasteiger partial charge in [-0.15, -0.1) is 0 Å². The predicted octanol–water partition coefficient (Wildman–Crippen LogP) is 2.49. The zero-order valence-corrected chi connectivity index (χ0v) is 13.0. The van der Waals surface area contributed by atoms with Crippen LogP contribution in [0, 0.1) is 11.7 Å². The molecule has 1 heterocycles. The van der Waals surface area contributed by atoms with Crippen molar-refractivity contribution in [1.82, 2.24) is 10.6 Å². The number of hydrogen-bond acceptors (Lipinski definition) is 3. The maximum absolute atomic E-state index is 12.9. The molecular formula is C17H19FN2O3. The Morgan fingerprint density at radius 2 is 1.87 bits per heavy atom. The Bertz CT molecular complexity index is 651. The fourth-order valence-electron chi connectivity index (χ4n) is 2.06. The summed E-state index contributed by atoms with van der Waals surface area (Å²) in [6.45, 7) is 3.94. The number of nitrogens with one attached hydrogen (secondary N) is 2. The second-order valence-electron chi connectivity index (χ2n) is 5.52. The molecule has 0 aliphatic carbocycles. The van der Waals surface area contributed by atoms with Gasteiger partial charge in [0.15, 0.2) is 5.76 Å². The summed E-state index contributed by atoms with van der Waals surface area (Å²) in [4.78, 5) is 24.3. The van der Waals surface area contributed by atoms with Gasteiger partial charge in [-0.25, -0.2) is 4.39 Å². The molecule has 0 aliphatic rings. The smallest absolute Gasteiger partial charge is 0.287 e. The molecule has 0 fully saturated rings. The molecule has 0 aliphatic heterocycles. The van der Waals surface area contributed by atoms with Crippen molar-refractivity contribution in [1.29, 1.82) is 0 Å². The van der Waals surface area contributed by atoms with Crippen LogP contribution in [0.3, 0.4) is 0 Å². The number of carbonyl (C=O) groups is 2. The standard InChI is InChI=1S/C17H19FN2O3/c1-11(2)15(20-16(21)14-4-3-9-23-14)17(22)19-10-12-5-7-13(18)8-6-12/h3-9,11,15H,10H2,1-2H3,(H,19,22)(H,20,21)/t15-/m0/s1. The molecule has 0 bridgehead atoms. The van der Waals surface area contributed by atoms with E-state index in [0.29, 0.717) is 0 Å². The fraction of sp³-hybridized carbons (Fsp3) is 0.294. The molecule has 0 saturated heterocycles. The first kappa shape index (κ1) is 16.7. The lowest BCUT2D eigenvalue weighted by molar-refractivity contribution is -0.124. The summed E-state index contributed by atoms with van der Waals surface area (Å²) >= 11 is 0. The third-order valence-electron chi connectivity index (χ3n) is 3.36. The van der Waals surface area contributed by atoms with Crippen LogP contribution >= 0.6 is 0 Å². The molecule has 122 valence electrons. The predicted molar refractivity (Wildman–Crippen MR) is 83.0 cm³/mol. The van der Waals surface area contributed by atoms with Crippen molar-refractivity contribution in [2.45, 2.75) is 26.4 Å². The Morgan fingerprint density at radius 1 is 1.17 bits per heavy atom. The van der Waals surface area contributed by atoms with Crippen LogP contribution in [-0.4, -0.2) is 17.9 Å². The minimum absolute atomic E-state index is 0.0952. The van der Waals surface area contributed by atoms with Crippen molar-refractivity contribution in [3.8, 4) is 0 Å². The van der Waals surface area contributed by atoms with Gasteiger partial charge in [0.25, 0.3) is 5.91 Å². The van der Waals surface area contributed by atoms with Gasteiger partial charge in [-0.2, -0.15) is 0 Å². The average Bonchev–Trinajstić information content (AvgIpc) is 3.05. The Morgan fingerprint density at radius 3 is 2.43 bits per heavy atom. The number of benzene rings is 1. The number of hydrogen-bond donors (Lipinski definition) is 2. The van der Waals surface area contributed by atoms with Crippen molar-refractivity contribution in [3.05, 3.63) is 59.8 Å². The summed E-state index contributed by atoms with van der Waals surface area (Å²) in [7, 11) is 0. The quantitative estimate of drug-likeness (QED) is 0.859. The number of furan rings is 1. The van der Waals surface area contributed by atoms with Gasteiger partial charge in [0, 0.05) is 6.54 Å². The minimum Gasteiger partial charge on any atom is -0.459 e. The first-order valence-electron chi connectivity index (χ1n) is 7.34. The van der Waals surface area contributed by atoms with Gasteiger partial charge >= 0.3 is 0 Å². The van der Waals surface area contributed by atoms with Crippen LogP contribution in [0.2, 0.25) is 0 Å². The molecule has 2 rings (SSSR count). The highest BCUT2D eigenvalue weighted by Crippen LogP contribution is 2.07. The van der Waals surface area contributed by atoms with Gasteiger partial charge in [0.1, 0.15) is 11.9 Å². The van der Waals surface area contributed by atoms with E-state index in [4.69, 9.17) is 4.42 Å². The van der Waals surface area contributed by atoms with Crippen molar-refractivity contribution in [2.24, 2.45) is 5.92 Å². The fourth-order valence-corrected chi connectivity index (χ4v) is 2.06. The van der Waals surface area contributed by atoms with Crippen LogP contribution in [0.15, 0.2) is 47.1 Å². The minimum atomic E-state index is -0.687. The molecule has 6 heteroatoms. The molecule has 2 amide bonds. The Labute approximate surface area is 133 Å². The molecule has 0 spiro atoms. The Kier molecular flexibility index (Phi) is 5.51. The number of amides is 2. The molecule has 0 saturated carbocycles. The highest BCUT2D eigenvalue weighted by atomic mass is 19.1. The summed E-state index contributed by atoms with van der Waals surface area (Å²) in [6.07, 6.45) is 1.40. The molecule has 23 heavy (non-hydrogen) atoms. The SMILES string of the molecule is CC(C)[C@H](NC(=O)c1ccco1)C(=O)NCc1ccc(F)cc1. The van der Waals surface area contributed by atoms with Crippen LogP contribution in [0.4, 0.5) is 4.39 Å². The molecule has 5 nitrogen and oxygen atoms in total. The summed E-state index contributed by atoms with van der Waals surface area (Å²) < 4.78 is 17.9. The van der Waals surface area contributed by atoms with Crippen LogP contribution in [0.1, 0.15) is 30.0 Å². The van der Waals surface area contributed by atoms with Gasteiger partial charge in [-0.3, -0.25) is 9.59 Å². The summed E-state index contributed by atoms with van der Waals surface area (Å²) in [5, 5.41) is 5.40. The molecule has 1 aromatic heterocycles. The van der Waals surface area contributed by atoms with Crippen molar-refractivity contribution in [2.75, 3.05) is 0 Å². The molecule has 1 atom stereocenters. The summed E-state index contributed by atoms with van der Waals surface area (Å²) in [6, 6.07) is 8.31. The normalized spacial score (nSPS) is 12.0. The topological polar surface area (TPSA) is 71.3 Å². The van der Waals surface area contributed by atoms with E-state index in [1.165, 1.54) is 24.5 Å². The van der Waals surface area contributed by atoms with Crippen LogP contribution in [0.25, 0.3) is 0 Å². The lowest BCUT2D eigenvalue weighted by atomic mass is 10.0. The average molecular weight is 318 g/mol. The van der Waals surface area contributed by atoms with Gasteiger partial charge in [-0.1, -0.05) is 26.0 Å². The molecular weight excluding hydrogens is 299 g/mol. The number of carbonyl (C=O) groups excluding carboxylic acids is 2. The third-order valence-corrected chi connectivity index (χ3v) is 3.36. The number of rotatable bonds is 6. The van der Waals surface area contributed by atoms with Gasteiger partial charge in [0.2, 0.25) is 5.91 Å². The first-order chi connectivity index (χ1) is 11.0. The second kappa shape index (κ2) is 7.58. The zero-order valence-electron chi connectivity index (χ0n) is 13.0. The maximum atomic E-state index is 12.9. The van der Waals surface area contributed by atoms with Crippen molar-refractivity contribution >= 4 is 11.8 Å². The van der Waals surface area contributed by atoms with E-state index in [1.807, 2.05) is 13.8 Å². The van der Waals surface area contributed by atoms with Crippen molar-refractivity contribution < 1.29 is 18.4 Å². The highest BCUT2D eigenvalue weighted by Gasteiger charge is 2.25. The Balaban J connectivity index is 1.95. The maximum Gasteiger partial charge on any atom is 0.287 e. The highest BCUT2D eigenvalue weighted by molar-refractivity contribution is 5.95. The first-order valence-corrected chi connectivity index (χ1v) is 7.34. The van der Waals surface area contributed by atoms with Gasteiger partial charge < -0.3 is 15.1 Å². The van der Waals surface area contributed by atoms with Crippen LogP contribution < -0.4 is 10.6 Å². The van der Waals surface area contributed by atoms with E-state index in [1.54, 1.807) is 18.2 Å². The summed E-state index contributed by atoms with van der Waals surface area (Å²) in [5.41, 5.74) is 0.777. The van der Waals surface area contributed by atoms with Crippen molar-refractivity contribution in [3.63, 3.8) is 0 Å². The molecule has 0 unspecified atom stereocenters. The second-order valence-corrected chi connectivity index (χ2v) is 5.52. The van der Waals surface area contributed by atoms with Crippen LogP contribution in [-0.2, 0) is 11.3 Å². The van der Waals surface area contributed by atoms with E-state index in [-0.39, 0.29) is 29.9 Å².